The van der Waals surface area contributed by atoms with Gasteiger partial charge >= 0.3 is 0 Å². The molecule has 1 atom stereocenters. The third kappa shape index (κ3) is 4.10. The van der Waals surface area contributed by atoms with Crippen molar-refractivity contribution >= 4 is 5.91 Å². The molecule has 1 unspecified atom stereocenters. The minimum Gasteiger partial charge on any atom is -0.493 e. The van der Waals surface area contributed by atoms with Gasteiger partial charge in [-0.1, -0.05) is 25.1 Å². The smallest absolute Gasteiger partial charge is 0.228 e. The van der Waals surface area contributed by atoms with Crippen molar-refractivity contribution in [3.63, 3.8) is 0 Å². The fraction of sp³-hybridized carbons (Fsp3) is 0.650. The Morgan fingerprint density at radius 1 is 1.21 bits per heavy atom. The topological polar surface area (TPSA) is 49.8 Å². The van der Waals surface area contributed by atoms with E-state index in [-0.39, 0.29) is 17.9 Å². The van der Waals surface area contributed by atoms with Crippen LogP contribution in [0.1, 0.15) is 45.4 Å². The second-order valence-corrected chi connectivity index (χ2v) is 7.58. The molecule has 1 N–H and O–H groups in total. The van der Waals surface area contributed by atoms with Gasteiger partial charge in [-0.2, -0.15) is 0 Å². The summed E-state index contributed by atoms with van der Waals surface area (Å²) >= 11 is 0. The van der Waals surface area contributed by atoms with Crippen molar-refractivity contribution in [3.8, 4) is 5.75 Å². The molecule has 1 aliphatic carbocycles. The summed E-state index contributed by atoms with van der Waals surface area (Å²) in [5, 5.41) is 9.71. The number of hydrogen-bond acceptors (Lipinski definition) is 3. The van der Waals surface area contributed by atoms with Crippen molar-refractivity contribution in [2.24, 2.45) is 11.3 Å². The summed E-state index contributed by atoms with van der Waals surface area (Å²) in [6.07, 6.45) is 6.14. The second-order valence-electron chi connectivity index (χ2n) is 7.58. The molecule has 3 rings (SSSR count). The third-order valence-electron chi connectivity index (χ3n) is 5.82. The normalized spacial score (nSPS) is 22.3. The van der Waals surface area contributed by atoms with E-state index < -0.39 is 0 Å². The van der Waals surface area contributed by atoms with E-state index in [1.165, 1.54) is 0 Å². The minimum atomic E-state index is -0.118. The number of likely N-dealkylation sites (tertiary alicyclic amines) is 1. The van der Waals surface area contributed by atoms with E-state index in [2.05, 4.69) is 0 Å². The average Bonchev–Trinajstić information content (AvgIpc) is 2.63. The van der Waals surface area contributed by atoms with Gasteiger partial charge in [-0.3, -0.25) is 4.79 Å². The number of aliphatic hydroxyl groups is 1. The summed E-state index contributed by atoms with van der Waals surface area (Å²) in [5.74, 6) is 0.902. The Morgan fingerprint density at radius 2 is 1.83 bits per heavy atom. The molecule has 2 fully saturated rings. The fourth-order valence-electron chi connectivity index (χ4n) is 4.04. The number of piperidine rings is 1. The lowest BCUT2D eigenvalue weighted by molar-refractivity contribution is -0.139. The van der Waals surface area contributed by atoms with Gasteiger partial charge < -0.3 is 14.7 Å². The van der Waals surface area contributed by atoms with Crippen LogP contribution in [0.2, 0.25) is 0 Å². The van der Waals surface area contributed by atoms with Crippen LogP contribution in [0.3, 0.4) is 0 Å². The van der Waals surface area contributed by atoms with Gasteiger partial charge in [0.2, 0.25) is 5.91 Å². The number of ether oxygens (including phenoxy) is 1. The number of amides is 1. The lowest BCUT2D eigenvalue weighted by Crippen LogP contribution is -2.47. The van der Waals surface area contributed by atoms with Crippen LogP contribution < -0.4 is 4.74 Å². The van der Waals surface area contributed by atoms with Crippen LogP contribution in [0.4, 0.5) is 0 Å². The molecule has 1 aromatic rings. The molecule has 1 saturated heterocycles. The predicted octanol–water partition coefficient (Wildman–Crippen LogP) is 3.25. The second kappa shape index (κ2) is 7.56. The van der Waals surface area contributed by atoms with Crippen molar-refractivity contribution in [1.29, 1.82) is 0 Å². The van der Waals surface area contributed by atoms with E-state index in [1.807, 2.05) is 42.2 Å². The number of benzene rings is 1. The average molecular weight is 331 g/mol. The highest BCUT2D eigenvalue weighted by Crippen LogP contribution is 2.44. The van der Waals surface area contributed by atoms with Crippen LogP contribution >= 0.6 is 0 Å². The maximum atomic E-state index is 12.6. The van der Waals surface area contributed by atoms with Crippen molar-refractivity contribution in [3.05, 3.63) is 30.3 Å². The summed E-state index contributed by atoms with van der Waals surface area (Å²) in [6.45, 7) is 4.08. The standard InChI is InChI=1S/C20H29NO3/c1-16(15-24-18-5-3-2-4-6-18)19(23)21-13-11-20(12-14-21)9-7-17(22)8-10-20/h2-6,16-17,22H,7-15H2,1H3. The van der Waals surface area contributed by atoms with Crippen LogP contribution in [0, 0.1) is 11.3 Å². The first-order valence-electron chi connectivity index (χ1n) is 9.23. The Hall–Kier alpha value is -1.55. The molecule has 0 radical (unpaired) electrons. The molecule has 1 saturated carbocycles. The van der Waals surface area contributed by atoms with Gasteiger partial charge in [-0.05, 0) is 56.1 Å². The summed E-state index contributed by atoms with van der Waals surface area (Å²) in [7, 11) is 0. The molecule has 4 heteroatoms. The lowest BCUT2D eigenvalue weighted by Gasteiger charge is -2.45. The summed E-state index contributed by atoms with van der Waals surface area (Å²) in [6, 6.07) is 9.66. The van der Waals surface area contributed by atoms with Crippen molar-refractivity contribution in [2.45, 2.75) is 51.6 Å². The zero-order valence-corrected chi connectivity index (χ0v) is 14.6. The molecule has 0 bridgehead atoms. The first-order valence-corrected chi connectivity index (χ1v) is 9.23. The lowest BCUT2D eigenvalue weighted by atomic mass is 9.67. The number of aliphatic hydroxyl groups excluding tert-OH is 1. The Bertz CT molecular complexity index is 527. The highest BCUT2D eigenvalue weighted by atomic mass is 16.5. The van der Waals surface area contributed by atoms with Crippen LogP contribution in [-0.4, -0.2) is 41.7 Å². The molecule has 1 aromatic carbocycles. The third-order valence-corrected chi connectivity index (χ3v) is 5.82. The van der Waals surface area contributed by atoms with Crippen molar-refractivity contribution in [1.82, 2.24) is 4.90 Å². The van der Waals surface area contributed by atoms with E-state index in [0.29, 0.717) is 12.0 Å². The van der Waals surface area contributed by atoms with E-state index >= 15 is 0 Å². The van der Waals surface area contributed by atoms with E-state index in [1.54, 1.807) is 0 Å². The number of carbonyl (C=O) groups is 1. The summed E-state index contributed by atoms with van der Waals surface area (Å²) < 4.78 is 5.73. The quantitative estimate of drug-likeness (QED) is 0.921. The molecule has 1 aliphatic heterocycles. The first-order chi connectivity index (χ1) is 11.6. The highest BCUT2D eigenvalue weighted by Gasteiger charge is 2.39. The Morgan fingerprint density at radius 3 is 2.46 bits per heavy atom. The first kappa shape index (κ1) is 17.3. The van der Waals surface area contributed by atoms with Gasteiger partial charge in [-0.15, -0.1) is 0 Å². The highest BCUT2D eigenvalue weighted by molar-refractivity contribution is 5.78. The van der Waals surface area contributed by atoms with Crippen molar-refractivity contribution in [2.75, 3.05) is 19.7 Å². The molecule has 132 valence electrons. The number of nitrogens with zero attached hydrogens (tertiary/aromatic N) is 1. The number of hydrogen-bond donors (Lipinski definition) is 1. The molecule has 2 aliphatic rings. The summed E-state index contributed by atoms with van der Waals surface area (Å²) in [5.41, 5.74) is 0.375. The monoisotopic (exact) mass is 331 g/mol. The maximum Gasteiger partial charge on any atom is 0.228 e. The van der Waals surface area contributed by atoms with Gasteiger partial charge in [0.05, 0.1) is 18.6 Å². The van der Waals surface area contributed by atoms with Gasteiger partial charge in [0.15, 0.2) is 0 Å². The van der Waals surface area contributed by atoms with Crippen LogP contribution in [0.25, 0.3) is 0 Å². The van der Waals surface area contributed by atoms with Crippen LogP contribution in [0.15, 0.2) is 30.3 Å². The fourth-order valence-corrected chi connectivity index (χ4v) is 4.04. The Kier molecular flexibility index (Phi) is 5.44. The Balaban J connectivity index is 1.46. The Labute approximate surface area is 144 Å². The van der Waals surface area contributed by atoms with Crippen LogP contribution in [-0.2, 0) is 4.79 Å². The SMILES string of the molecule is CC(COc1ccccc1)C(=O)N1CCC2(CCC(O)CC2)CC1. The summed E-state index contributed by atoms with van der Waals surface area (Å²) in [4.78, 5) is 14.7. The van der Waals surface area contributed by atoms with Crippen LogP contribution in [0.5, 0.6) is 5.75 Å². The largest absolute Gasteiger partial charge is 0.493 e. The zero-order valence-electron chi connectivity index (χ0n) is 14.6. The maximum absolute atomic E-state index is 12.6. The molecule has 1 spiro atoms. The number of rotatable bonds is 4. The van der Waals surface area contributed by atoms with Crippen molar-refractivity contribution < 1.29 is 14.6 Å². The van der Waals surface area contributed by atoms with Gasteiger partial charge in [0.25, 0.3) is 0 Å². The molecular weight excluding hydrogens is 302 g/mol. The molecule has 1 amide bonds. The molecule has 0 aromatic heterocycles. The zero-order chi connectivity index (χ0) is 17.0. The van der Waals surface area contributed by atoms with E-state index in [4.69, 9.17) is 4.74 Å². The van der Waals surface area contributed by atoms with Gasteiger partial charge in [0, 0.05) is 13.1 Å². The minimum absolute atomic E-state index is 0.106. The molecular formula is C20H29NO3. The van der Waals surface area contributed by atoms with Gasteiger partial charge in [-0.25, -0.2) is 0 Å². The number of carbonyl (C=O) groups excluding carboxylic acids is 1. The predicted molar refractivity (Wildman–Crippen MR) is 93.8 cm³/mol. The molecule has 4 nitrogen and oxygen atoms in total. The molecule has 24 heavy (non-hydrogen) atoms. The number of para-hydroxylation sites is 1. The van der Waals surface area contributed by atoms with E-state index in [9.17, 15) is 9.90 Å². The van der Waals surface area contributed by atoms with Gasteiger partial charge in [0.1, 0.15) is 5.75 Å². The van der Waals surface area contributed by atoms with E-state index in [0.717, 1.165) is 57.4 Å². The molecule has 1 heterocycles.